The van der Waals surface area contributed by atoms with Crippen LogP contribution in [0.2, 0.25) is 5.02 Å². The first-order valence-electron chi connectivity index (χ1n) is 8.19. The van der Waals surface area contributed by atoms with E-state index in [0.29, 0.717) is 10.8 Å². The molecule has 0 atom stereocenters. The summed E-state index contributed by atoms with van der Waals surface area (Å²) in [4.78, 5) is 16.7. The molecular weight excluding hydrogens is 408 g/mol. The maximum atomic E-state index is 12.2. The van der Waals surface area contributed by atoms with E-state index < -0.39 is 0 Å². The number of carbonyl (C=O) groups excluding carboxylic acids is 1. The molecule has 7 heteroatoms. The molecule has 1 aliphatic rings. The lowest BCUT2D eigenvalue weighted by molar-refractivity contribution is 0.0897. The number of carbonyl (C=O) groups is 1. The molecule has 1 aliphatic carbocycles. The molecule has 1 saturated carbocycles. The Hall–Kier alpha value is -1.79. The van der Waals surface area contributed by atoms with Gasteiger partial charge in [0.25, 0.3) is 5.91 Å². The van der Waals surface area contributed by atoms with E-state index in [4.69, 9.17) is 20.4 Å². The van der Waals surface area contributed by atoms with Crippen molar-refractivity contribution in [3.8, 4) is 0 Å². The molecule has 25 heavy (non-hydrogen) atoms. The monoisotopic (exact) mass is 422 g/mol. The Bertz CT molecular complexity index is 912. The average molecular weight is 424 g/mol. The van der Waals surface area contributed by atoms with Gasteiger partial charge in [-0.1, -0.05) is 11.6 Å². The third-order valence-electron chi connectivity index (χ3n) is 4.57. The van der Waals surface area contributed by atoms with Gasteiger partial charge in [0.15, 0.2) is 17.2 Å². The third-order valence-corrected chi connectivity index (χ3v) is 5.22. The maximum Gasteiger partial charge on any atom is 0.287 e. The molecule has 1 aromatic carbocycles. The molecule has 0 aliphatic heterocycles. The van der Waals surface area contributed by atoms with Crippen molar-refractivity contribution in [2.24, 2.45) is 0 Å². The number of benzene rings is 1. The van der Waals surface area contributed by atoms with Crippen LogP contribution in [0.4, 0.5) is 0 Å². The highest BCUT2D eigenvalue weighted by Crippen LogP contribution is 2.34. The number of nitrogens with zero attached hydrogens (tertiary/aromatic N) is 1. The lowest BCUT2D eigenvalue weighted by atomic mass is 9.86. The van der Waals surface area contributed by atoms with Gasteiger partial charge in [0, 0.05) is 23.0 Å². The molecule has 4 rings (SSSR count). The number of halogens is 2. The number of aromatic nitrogens is 1. The Morgan fingerprint density at radius 2 is 2.04 bits per heavy atom. The lowest BCUT2D eigenvalue weighted by Gasteiger charge is -2.27. The standard InChI is InChI=1S/C18H16BrClN2O3/c19-11-7-16(24-9-11)17(23)21-13-4-1-10(2-5-13)18-22-14-8-12(20)3-6-15(14)25-18/h3,6-10,13H,1-2,4-5H2,(H,21,23). The molecule has 0 unspecified atom stereocenters. The Labute approximate surface area is 157 Å². The quantitative estimate of drug-likeness (QED) is 0.621. The number of nitrogens with one attached hydrogen (secondary N) is 1. The van der Waals surface area contributed by atoms with Gasteiger partial charge in [0.1, 0.15) is 11.8 Å². The van der Waals surface area contributed by atoms with E-state index in [9.17, 15) is 4.79 Å². The van der Waals surface area contributed by atoms with Gasteiger partial charge in [0.2, 0.25) is 0 Å². The number of furan rings is 1. The summed E-state index contributed by atoms with van der Waals surface area (Å²) in [6.07, 6.45) is 5.13. The van der Waals surface area contributed by atoms with Crippen molar-refractivity contribution in [1.82, 2.24) is 10.3 Å². The van der Waals surface area contributed by atoms with Gasteiger partial charge in [-0.05, 0) is 59.8 Å². The summed E-state index contributed by atoms with van der Waals surface area (Å²) < 4.78 is 11.8. The molecule has 1 amide bonds. The highest BCUT2D eigenvalue weighted by molar-refractivity contribution is 9.10. The molecule has 3 aromatic rings. The summed E-state index contributed by atoms with van der Waals surface area (Å²) in [5.74, 6) is 1.18. The number of rotatable bonds is 3. The van der Waals surface area contributed by atoms with E-state index in [1.807, 2.05) is 12.1 Å². The van der Waals surface area contributed by atoms with Crippen LogP contribution in [0.3, 0.4) is 0 Å². The second-order valence-electron chi connectivity index (χ2n) is 6.32. The van der Waals surface area contributed by atoms with Crippen LogP contribution in [0, 0.1) is 0 Å². The summed E-state index contributed by atoms with van der Waals surface area (Å²) in [5, 5.41) is 3.69. The molecule has 1 fully saturated rings. The maximum absolute atomic E-state index is 12.2. The van der Waals surface area contributed by atoms with Crippen LogP contribution in [0.15, 0.2) is 43.8 Å². The van der Waals surface area contributed by atoms with Crippen LogP contribution in [-0.2, 0) is 0 Å². The van der Waals surface area contributed by atoms with Crippen molar-refractivity contribution in [1.29, 1.82) is 0 Å². The van der Waals surface area contributed by atoms with Gasteiger partial charge in [-0.2, -0.15) is 0 Å². The van der Waals surface area contributed by atoms with Crippen molar-refractivity contribution < 1.29 is 13.6 Å². The van der Waals surface area contributed by atoms with Crippen LogP contribution in [0.1, 0.15) is 48.0 Å². The molecule has 1 N–H and O–H groups in total. The molecule has 2 heterocycles. The molecule has 0 spiro atoms. The molecular formula is C18H16BrClN2O3. The fraction of sp³-hybridized carbons (Fsp3) is 0.333. The lowest BCUT2D eigenvalue weighted by Crippen LogP contribution is -2.37. The minimum atomic E-state index is -0.175. The predicted octanol–water partition coefficient (Wildman–Crippen LogP) is 5.29. The highest BCUT2D eigenvalue weighted by atomic mass is 79.9. The van der Waals surface area contributed by atoms with E-state index in [1.165, 1.54) is 6.26 Å². The summed E-state index contributed by atoms with van der Waals surface area (Å²) in [6, 6.07) is 7.29. The highest BCUT2D eigenvalue weighted by Gasteiger charge is 2.27. The third kappa shape index (κ3) is 3.60. The first-order valence-corrected chi connectivity index (χ1v) is 9.36. The summed E-state index contributed by atoms with van der Waals surface area (Å²) in [6.45, 7) is 0. The van der Waals surface area contributed by atoms with Gasteiger partial charge in [-0.15, -0.1) is 0 Å². The van der Waals surface area contributed by atoms with Crippen molar-refractivity contribution in [2.75, 3.05) is 0 Å². The largest absolute Gasteiger partial charge is 0.458 e. The number of amides is 1. The number of hydrogen-bond acceptors (Lipinski definition) is 4. The van der Waals surface area contributed by atoms with E-state index in [-0.39, 0.29) is 17.9 Å². The molecule has 0 saturated heterocycles. The first-order chi connectivity index (χ1) is 12.1. The van der Waals surface area contributed by atoms with Crippen LogP contribution in [0.25, 0.3) is 11.1 Å². The van der Waals surface area contributed by atoms with Crippen molar-refractivity contribution in [3.05, 3.63) is 51.7 Å². The predicted molar refractivity (Wildman–Crippen MR) is 97.9 cm³/mol. The second kappa shape index (κ2) is 6.84. The van der Waals surface area contributed by atoms with E-state index in [0.717, 1.165) is 47.1 Å². The average Bonchev–Trinajstić information content (AvgIpc) is 3.21. The first kappa shape index (κ1) is 16.7. The minimum Gasteiger partial charge on any atom is -0.458 e. The SMILES string of the molecule is O=C(NC1CCC(c2nc3cc(Cl)ccc3o2)CC1)c1cc(Br)co1. The Morgan fingerprint density at radius 1 is 1.24 bits per heavy atom. The normalized spacial score (nSPS) is 20.7. The molecule has 2 aromatic heterocycles. The number of hydrogen-bond donors (Lipinski definition) is 1. The molecule has 130 valence electrons. The second-order valence-corrected chi connectivity index (χ2v) is 7.67. The van der Waals surface area contributed by atoms with E-state index in [2.05, 4.69) is 26.2 Å². The zero-order chi connectivity index (χ0) is 17.4. The van der Waals surface area contributed by atoms with Gasteiger partial charge in [0.05, 0.1) is 4.47 Å². The zero-order valence-corrected chi connectivity index (χ0v) is 15.6. The minimum absolute atomic E-state index is 0.145. The van der Waals surface area contributed by atoms with Crippen LogP contribution >= 0.6 is 27.5 Å². The van der Waals surface area contributed by atoms with Crippen molar-refractivity contribution >= 4 is 44.5 Å². The summed E-state index contributed by atoms with van der Waals surface area (Å²) in [5.41, 5.74) is 1.56. The van der Waals surface area contributed by atoms with Crippen LogP contribution in [-0.4, -0.2) is 16.9 Å². The van der Waals surface area contributed by atoms with Crippen molar-refractivity contribution in [2.45, 2.75) is 37.6 Å². The molecule has 0 bridgehead atoms. The number of fused-ring (bicyclic) bond motifs is 1. The zero-order valence-electron chi connectivity index (χ0n) is 13.3. The Kier molecular flexibility index (Phi) is 4.56. The van der Waals surface area contributed by atoms with Gasteiger partial charge in [-0.3, -0.25) is 4.79 Å². The Morgan fingerprint density at radius 3 is 2.76 bits per heavy atom. The topological polar surface area (TPSA) is 68.3 Å². The van der Waals surface area contributed by atoms with E-state index in [1.54, 1.807) is 12.1 Å². The van der Waals surface area contributed by atoms with Gasteiger partial charge in [-0.25, -0.2) is 4.98 Å². The summed E-state index contributed by atoms with van der Waals surface area (Å²) >= 11 is 9.28. The van der Waals surface area contributed by atoms with Crippen molar-refractivity contribution in [3.63, 3.8) is 0 Å². The van der Waals surface area contributed by atoms with Gasteiger partial charge < -0.3 is 14.2 Å². The fourth-order valence-electron chi connectivity index (χ4n) is 3.27. The Balaban J connectivity index is 1.38. The molecule has 5 nitrogen and oxygen atoms in total. The summed E-state index contributed by atoms with van der Waals surface area (Å²) in [7, 11) is 0. The van der Waals surface area contributed by atoms with Crippen LogP contribution in [0.5, 0.6) is 0 Å². The van der Waals surface area contributed by atoms with E-state index >= 15 is 0 Å². The van der Waals surface area contributed by atoms with Crippen LogP contribution < -0.4 is 5.32 Å². The van der Waals surface area contributed by atoms with Gasteiger partial charge >= 0.3 is 0 Å². The molecule has 0 radical (unpaired) electrons. The number of oxazole rings is 1. The fourth-order valence-corrected chi connectivity index (χ4v) is 3.73. The smallest absolute Gasteiger partial charge is 0.287 e.